The van der Waals surface area contributed by atoms with Gasteiger partial charge < -0.3 is 15.5 Å². The zero-order valence-corrected chi connectivity index (χ0v) is 8.00. The zero-order valence-electron chi connectivity index (χ0n) is 8.00. The first-order valence-electron chi connectivity index (χ1n) is 4.38. The first-order chi connectivity index (χ1) is 6.59. The molecule has 6 nitrogen and oxygen atoms in total. The monoisotopic (exact) mass is 199 g/mol. The highest BCUT2D eigenvalue weighted by Crippen LogP contribution is 1.93. The Kier molecular flexibility index (Phi) is 3.44. The van der Waals surface area contributed by atoms with Crippen LogP contribution >= 0.6 is 0 Å². The number of nitrogens with one attached hydrogen (secondary N) is 2. The van der Waals surface area contributed by atoms with Gasteiger partial charge in [0.2, 0.25) is 17.7 Å². The summed E-state index contributed by atoms with van der Waals surface area (Å²) in [6.07, 6.45) is 0. The molecule has 1 saturated heterocycles. The maximum absolute atomic E-state index is 11.4. The van der Waals surface area contributed by atoms with Gasteiger partial charge in [-0.3, -0.25) is 14.4 Å². The lowest BCUT2D eigenvalue weighted by atomic mass is 10.3. The largest absolute Gasteiger partial charge is 0.353 e. The van der Waals surface area contributed by atoms with E-state index in [4.69, 9.17) is 0 Å². The number of nitrogens with zero attached hydrogens (tertiary/aromatic N) is 1. The third-order valence-corrected chi connectivity index (χ3v) is 1.88. The molecule has 3 amide bonds. The van der Waals surface area contributed by atoms with E-state index in [0.29, 0.717) is 13.1 Å². The molecular formula is C8H13N3O3. The molecule has 6 heteroatoms. The van der Waals surface area contributed by atoms with Crippen LogP contribution in [0.25, 0.3) is 0 Å². The van der Waals surface area contributed by atoms with Crippen LogP contribution in [0.4, 0.5) is 0 Å². The quantitative estimate of drug-likeness (QED) is 0.544. The first kappa shape index (κ1) is 10.5. The average Bonchev–Trinajstić information content (AvgIpc) is 2.14. The van der Waals surface area contributed by atoms with Gasteiger partial charge in [0, 0.05) is 20.0 Å². The van der Waals surface area contributed by atoms with Gasteiger partial charge in [0.15, 0.2) is 0 Å². The number of carbonyl (C=O) groups is 3. The summed E-state index contributed by atoms with van der Waals surface area (Å²) < 4.78 is 0. The van der Waals surface area contributed by atoms with Crippen molar-refractivity contribution in [2.45, 2.75) is 6.92 Å². The van der Waals surface area contributed by atoms with Gasteiger partial charge in [-0.25, -0.2) is 0 Å². The molecule has 0 aromatic rings. The molecule has 0 aliphatic carbocycles. The Bertz CT molecular complexity index is 265. The third kappa shape index (κ3) is 3.04. The van der Waals surface area contributed by atoms with E-state index in [1.165, 1.54) is 11.8 Å². The predicted octanol–water partition coefficient (Wildman–Crippen LogP) is -1.92. The van der Waals surface area contributed by atoms with E-state index in [1.54, 1.807) is 0 Å². The van der Waals surface area contributed by atoms with Crippen molar-refractivity contribution in [2.24, 2.45) is 0 Å². The van der Waals surface area contributed by atoms with Crippen molar-refractivity contribution in [3.63, 3.8) is 0 Å². The molecule has 0 atom stereocenters. The van der Waals surface area contributed by atoms with Gasteiger partial charge in [-0.1, -0.05) is 0 Å². The lowest BCUT2D eigenvalue weighted by Crippen LogP contribution is -2.52. The van der Waals surface area contributed by atoms with Crippen LogP contribution < -0.4 is 10.6 Å². The summed E-state index contributed by atoms with van der Waals surface area (Å²) in [7, 11) is 0. The summed E-state index contributed by atoms with van der Waals surface area (Å²) >= 11 is 0. The normalized spacial score (nSPS) is 16.1. The van der Waals surface area contributed by atoms with Crippen molar-refractivity contribution in [3.05, 3.63) is 0 Å². The number of hydrogen-bond donors (Lipinski definition) is 2. The van der Waals surface area contributed by atoms with Crippen molar-refractivity contribution < 1.29 is 14.4 Å². The topological polar surface area (TPSA) is 78.5 Å². The van der Waals surface area contributed by atoms with Gasteiger partial charge in [-0.2, -0.15) is 0 Å². The predicted molar refractivity (Wildman–Crippen MR) is 48.3 cm³/mol. The molecule has 1 heterocycles. The zero-order chi connectivity index (χ0) is 10.6. The lowest BCUT2D eigenvalue weighted by molar-refractivity contribution is -0.138. The molecule has 0 radical (unpaired) electrons. The van der Waals surface area contributed by atoms with Crippen molar-refractivity contribution >= 4 is 17.7 Å². The van der Waals surface area contributed by atoms with Crippen LogP contribution in [0.3, 0.4) is 0 Å². The fourth-order valence-electron chi connectivity index (χ4n) is 1.16. The fraction of sp³-hybridized carbons (Fsp3) is 0.625. The number of piperazine rings is 1. The van der Waals surface area contributed by atoms with E-state index in [1.807, 2.05) is 0 Å². The molecule has 2 N–H and O–H groups in total. The molecule has 1 aliphatic heterocycles. The van der Waals surface area contributed by atoms with E-state index in [0.717, 1.165) is 0 Å². The molecule has 0 spiro atoms. The SMILES string of the molecule is CC(=O)NCC(=O)N1CCNC(=O)C1. The van der Waals surface area contributed by atoms with Gasteiger partial charge in [0.1, 0.15) is 0 Å². The second-order valence-corrected chi connectivity index (χ2v) is 3.07. The highest BCUT2D eigenvalue weighted by Gasteiger charge is 2.20. The smallest absolute Gasteiger partial charge is 0.242 e. The Morgan fingerprint density at radius 2 is 2.29 bits per heavy atom. The molecule has 0 aromatic heterocycles. The number of amides is 3. The Morgan fingerprint density at radius 1 is 1.57 bits per heavy atom. The highest BCUT2D eigenvalue weighted by molar-refractivity contribution is 5.88. The number of rotatable bonds is 2. The maximum atomic E-state index is 11.4. The molecule has 1 fully saturated rings. The summed E-state index contributed by atoms with van der Waals surface area (Å²) in [6.45, 7) is 2.37. The van der Waals surface area contributed by atoms with Gasteiger partial charge in [0.25, 0.3) is 0 Å². The van der Waals surface area contributed by atoms with E-state index in [2.05, 4.69) is 10.6 Å². The van der Waals surface area contributed by atoms with Crippen molar-refractivity contribution in [1.29, 1.82) is 0 Å². The van der Waals surface area contributed by atoms with E-state index in [-0.39, 0.29) is 30.8 Å². The Hall–Kier alpha value is -1.59. The summed E-state index contributed by atoms with van der Waals surface area (Å²) in [4.78, 5) is 34.3. The summed E-state index contributed by atoms with van der Waals surface area (Å²) in [5, 5.41) is 5.01. The van der Waals surface area contributed by atoms with Crippen molar-refractivity contribution in [1.82, 2.24) is 15.5 Å². The number of hydrogen-bond acceptors (Lipinski definition) is 3. The van der Waals surface area contributed by atoms with Gasteiger partial charge in [-0.05, 0) is 0 Å². The maximum Gasteiger partial charge on any atom is 0.242 e. The molecule has 14 heavy (non-hydrogen) atoms. The molecule has 0 unspecified atom stereocenters. The lowest BCUT2D eigenvalue weighted by Gasteiger charge is -2.26. The summed E-state index contributed by atoms with van der Waals surface area (Å²) in [6, 6.07) is 0. The molecule has 78 valence electrons. The summed E-state index contributed by atoms with van der Waals surface area (Å²) in [5.74, 6) is -0.637. The average molecular weight is 199 g/mol. The van der Waals surface area contributed by atoms with Crippen molar-refractivity contribution in [2.75, 3.05) is 26.2 Å². The van der Waals surface area contributed by atoms with E-state index >= 15 is 0 Å². The van der Waals surface area contributed by atoms with Gasteiger partial charge in [0.05, 0.1) is 13.1 Å². The Balaban J connectivity index is 2.36. The van der Waals surface area contributed by atoms with Gasteiger partial charge >= 0.3 is 0 Å². The molecular weight excluding hydrogens is 186 g/mol. The van der Waals surface area contributed by atoms with Crippen LogP contribution in [0.1, 0.15) is 6.92 Å². The first-order valence-corrected chi connectivity index (χ1v) is 4.38. The number of carbonyl (C=O) groups excluding carboxylic acids is 3. The van der Waals surface area contributed by atoms with Crippen LogP contribution in [0, 0.1) is 0 Å². The Labute approximate surface area is 81.6 Å². The minimum Gasteiger partial charge on any atom is -0.353 e. The molecule has 0 bridgehead atoms. The van der Waals surface area contributed by atoms with Crippen LogP contribution in [-0.4, -0.2) is 48.8 Å². The standard InChI is InChI=1S/C8H13N3O3/c1-6(12)10-4-8(14)11-3-2-9-7(13)5-11/h2-5H2,1H3,(H,9,13)(H,10,12). The third-order valence-electron chi connectivity index (χ3n) is 1.88. The summed E-state index contributed by atoms with van der Waals surface area (Å²) in [5.41, 5.74) is 0. The minimum atomic E-state index is -0.250. The second kappa shape index (κ2) is 4.59. The van der Waals surface area contributed by atoms with Crippen LogP contribution in [0.5, 0.6) is 0 Å². The van der Waals surface area contributed by atoms with Crippen LogP contribution in [0.2, 0.25) is 0 Å². The molecule has 1 aliphatic rings. The van der Waals surface area contributed by atoms with E-state index < -0.39 is 0 Å². The highest BCUT2D eigenvalue weighted by atomic mass is 16.2. The fourth-order valence-corrected chi connectivity index (χ4v) is 1.16. The minimum absolute atomic E-state index is 0.0391. The molecule has 0 aromatic carbocycles. The van der Waals surface area contributed by atoms with Gasteiger partial charge in [-0.15, -0.1) is 0 Å². The van der Waals surface area contributed by atoms with Crippen molar-refractivity contribution in [3.8, 4) is 0 Å². The Morgan fingerprint density at radius 3 is 2.86 bits per heavy atom. The van der Waals surface area contributed by atoms with Crippen LogP contribution in [-0.2, 0) is 14.4 Å². The second-order valence-electron chi connectivity index (χ2n) is 3.07. The van der Waals surface area contributed by atoms with E-state index in [9.17, 15) is 14.4 Å². The molecule has 1 rings (SSSR count). The molecule has 0 saturated carbocycles. The van der Waals surface area contributed by atoms with Crippen LogP contribution in [0.15, 0.2) is 0 Å².